The molecule has 3 unspecified atom stereocenters. The van der Waals surface area contributed by atoms with Gasteiger partial charge in [-0.15, -0.1) is 0 Å². The van der Waals surface area contributed by atoms with Gasteiger partial charge in [0.05, 0.1) is 17.0 Å². The number of carbonyl (C=O) groups excluding carboxylic acids is 2. The number of carbonyl (C=O) groups is 2. The van der Waals surface area contributed by atoms with Crippen LogP contribution in [-0.2, 0) is 9.59 Å². The van der Waals surface area contributed by atoms with E-state index in [1.807, 2.05) is 13.0 Å². The van der Waals surface area contributed by atoms with Gasteiger partial charge in [0.25, 0.3) is 0 Å². The standard InChI is InChI=1S/C22H22Br2O4/c1-6-12-7-8-14-19(25)10(2)11(3)21(27)22(14,4)16(12)13-9-15(28-5)20(26)18(24)17(13)23/h6-7,9,14,16,26H,1,8H2,2-5H3. The molecule has 0 fully saturated rings. The summed E-state index contributed by atoms with van der Waals surface area (Å²) in [7, 11) is 1.47. The summed E-state index contributed by atoms with van der Waals surface area (Å²) in [5.41, 5.74) is 1.74. The van der Waals surface area contributed by atoms with E-state index in [0.29, 0.717) is 26.5 Å². The number of ether oxygens (including phenoxy) is 1. The minimum Gasteiger partial charge on any atom is -0.503 e. The molecule has 1 aromatic carbocycles. The number of Topliss-reactive ketones (excluding diaryl/α,β-unsaturated/α-hetero) is 2. The number of aromatic hydroxyl groups is 1. The second-order valence-electron chi connectivity index (χ2n) is 7.50. The average molecular weight is 510 g/mol. The Morgan fingerprint density at radius 2 is 1.89 bits per heavy atom. The first-order valence-corrected chi connectivity index (χ1v) is 10.5. The van der Waals surface area contributed by atoms with E-state index in [9.17, 15) is 14.7 Å². The lowest BCUT2D eigenvalue weighted by molar-refractivity contribution is -0.138. The third-order valence-electron chi connectivity index (χ3n) is 6.27. The van der Waals surface area contributed by atoms with E-state index in [2.05, 4.69) is 38.4 Å². The summed E-state index contributed by atoms with van der Waals surface area (Å²) in [5.74, 6) is -0.603. The van der Waals surface area contributed by atoms with Gasteiger partial charge in [0.2, 0.25) is 0 Å². The first-order valence-electron chi connectivity index (χ1n) is 8.95. The number of phenols is 1. The van der Waals surface area contributed by atoms with Gasteiger partial charge in [-0.05, 0) is 80.5 Å². The second kappa shape index (κ2) is 7.30. The van der Waals surface area contributed by atoms with Crippen molar-refractivity contribution in [3.8, 4) is 11.5 Å². The Labute approximate surface area is 181 Å². The van der Waals surface area contributed by atoms with Crippen molar-refractivity contribution in [2.24, 2.45) is 11.3 Å². The fourth-order valence-electron chi connectivity index (χ4n) is 4.53. The number of phenolic OH excluding ortho intramolecular Hbond substituents is 1. The molecule has 6 heteroatoms. The molecule has 3 rings (SSSR count). The number of hydrogen-bond donors (Lipinski definition) is 1. The molecule has 4 nitrogen and oxygen atoms in total. The van der Waals surface area contributed by atoms with Crippen LogP contribution in [0.1, 0.15) is 38.7 Å². The molecule has 0 heterocycles. The van der Waals surface area contributed by atoms with E-state index >= 15 is 0 Å². The lowest BCUT2D eigenvalue weighted by Crippen LogP contribution is -2.51. The number of methoxy groups -OCH3 is 1. The van der Waals surface area contributed by atoms with Crippen LogP contribution in [0.15, 0.2) is 50.5 Å². The van der Waals surface area contributed by atoms with Gasteiger partial charge < -0.3 is 9.84 Å². The van der Waals surface area contributed by atoms with E-state index < -0.39 is 17.3 Å². The number of benzene rings is 1. The Kier molecular flexibility index (Phi) is 5.49. The molecule has 0 bridgehead atoms. The topological polar surface area (TPSA) is 63.6 Å². The van der Waals surface area contributed by atoms with Crippen LogP contribution in [0.3, 0.4) is 0 Å². The van der Waals surface area contributed by atoms with Gasteiger partial charge in [-0.25, -0.2) is 0 Å². The number of fused-ring (bicyclic) bond motifs is 1. The van der Waals surface area contributed by atoms with Crippen molar-refractivity contribution in [1.29, 1.82) is 0 Å². The highest BCUT2D eigenvalue weighted by atomic mass is 79.9. The summed E-state index contributed by atoms with van der Waals surface area (Å²) < 4.78 is 6.39. The number of hydrogen-bond acceptors (Lipinski definition) is 4. The van der Waals surface area contributed by atoms with Gasteiger partial charge in [-0.2, -0.15) is 0 Å². The Balaban J connectivity index is 2.35. The van der Waals surface area contributed by atoms with Gasteiger partial charge in [-0.1, -0.05) is 25.7 Å². The van der Waals surface area contributed by atoms with Crippen molar-refractivity contribution >= 4 is 43.4 Å². The van der Waals surface area contributed by atoms with Crippen LogP contribution in [0.2, 0.25) is 0 Å². The Morgan fingerprint density at radius 3 is 2.46 bits per heavy atom. The first-order chi connectivity index (χ1) is 13.1. The zero-order valence-corrected chi connectivity index (χ0v) is 19.4. The molecule has 0 aromatic heterocycles. The first kappa shape index (κ1) is 21.1. The SMILES string of the molecule is C=CC1=CCC2C(=O)C(C)=C(C)C(=O)C2(C)C1c1cc(OC)c(O)c(Br)c1Br. The van der Waals surface area contributed by atoms with E-state index in [-0.39, 0.29) is 23.1 Å². The van der Waals surface area contributed by atoms with Crippen LogP contribution in [0.5, 0.6) is 11.5 Å². The highest BCUT2D eigenvalue weighted by Gasteiger charge is 2.56. The molecule has 2 aliphatic carbocycles. The zero-order valence-electron chi connectivity index (χ0n) is 16.2. The van der Waals surface area contributed by atoms with Crippen molar-refractivity contribution in [1.82, 2.24) is 0 Å². The molecule has 0 saturated carbocycles. The molecule has 28 heavy (non-hydrogen) atoms. The molecule has 1 N–H and O–H groups in total. The van der Waals surface area contributed by atoms with Gasteiger partial charge in [0.15, 0.2) is 23.1 Å². The van der Waals surface area contributed by atoms with Gasteiger partial charge in [0.1, 0.15) is 0 Å². The smallest absolute Gasteiger partial charge is 0.173 e. The third-order valence-corrected chi connectivity index (χ3v) is 8.42. The molecular formula is C22H22Br2O4. The number of rotatable bonds is 3. The lowest BCUT2D eigenvalue weighted by atomic mass is 9.52. The summed E-state index contributed by atoms with van der Waals surface area (Å²) in [6.07, 6.45) is 4.23. The van der Waals surface area contributed by atoms with Gasteiger partial charge >= 0.3 is 0 Å². The predicted molar refractivity (Wildman–Crippen MR) is 116 cm³/mol. The maximum Gasteiger partial charge on any atom is 0.173 e. The van der Waals surface area contributed by atoms with E-state index in [0.717, 1.165) is 11.1 Å². The quantitative estimate of drug-likeness (QED) is 0.573. The van der Waals surface area contributed by atoms with Gasteiger partial charge in [-0.3, -0.25) is 9.59 Å². The fraction of sp³-hybridized carbons (Fsp3) is 0.364. The van der Waals surface area contributed by atoms with Crippen molar-refractivity contribution in [3.63, 3.8) is 0 Å². The maximum atomic E-state index is 13.5. The second-order valence-corrected chi connectivity index (χ2v) is 9.09. The van der Waals surface area contributed by atoms with Crippen LogP contribution in [0.25, 0.3) is 0 Å². The normalized spacial score (nSPS) is 27.4. The molecule has 2 aliphatic rings. The van der Waals surface area contributed by atoms with Crippen molar-refractivity contribution in [2.75, 3.05) is 7.11 Å². The summed E-state index contributed by atoms with van der Waals surface area (Å²) in [4.78, 5) is 26.6. The Morgan fingerprint density at radius 1 is 1.25 bits per heavy atom. The number of allylic oxidation sites excluding steroid dienone is 5. The van der Waals surface area contributed by atoms with Crippen molar-refractivity contribution in [2.45, 2.75) is 33.1 Å². The molecule has 0 amide bonds. The number of halogens is 2. The van der Waals surface area contributed by atoms with Crippen LogP contribution >= 0.6 is 31.9 Å². The van der Waals surface area contributed by atoms with Crippen LogP contribution in [-0.4, -0.2) is 23.8 Å². The zero-order chi connectivity index (χ0) is 21.0. The highest BCUT2D eigenvalue weighted by molar-refractivity contribution is 9.13. The Bertz CT molecular complexity index is 973. The molecule has 0 aliphatic heterocycles. The summed E-state index contributed by atoms with van der Waals surface area (Å²) in [6.45, 7) is 9.26. The molecule has 0 radical (unpaired) electrons. The summed E-state index contributed by atoms with van der Waals surface area (Å²) >= 11 is 6.96. The molecule has 1 aromatic rings. The molecule has 0 saturated heterocycles. The number of ketones is 2. The monoisotopic (exact) mass is 508 g/mol. The molecule has 0 spiro atoms. The molecule has 3 atom stereocenters. The van der Waals surface area contributed by atoms with E-state index in [1.54, 1.807) is 26.0 Å². The van der Waals surface area contributed by atoms with Gasteiger partial charge in [0, 0.05) is 16.3 Å². The minimum absolute atomic E-state index is 0.0184. The lowest BCUT2D eigenvalue weighted by Gasteiger charge is -2.48. The fourth-order valence-corrected chi connectivity index (χ4v) is 5.49. The highest BCUT2D eigenvalue weighted by Crippen LogP contribution is 2.58. The average Bonchev–Trinajstić information content (AvgIpc) is 2.69. The van der Waals surface area contributed by atoms with Crippen molar-refractivity contribution < 1.29 is 19.4 Å². The summed E-state index contributed by atoms with van der Waals surface area (Å²) in [5, 5.41) is 10.3. The minimum atomic E-state index is -0.955. The molecular weight excluding hydrogens is 488 g/mol. The van der Waals surface area contributed by atoms with Crippen molar-refractivity contribution in [3.05, 3.63) is 56.0 Å². The van der Waals surface area contributed by atoms with Crippen LogP contribution < -0.4 is 4.74 Å². The maximum absolute atomic E-state index is 13.5. The van der Waals surface area contributed by atoms with Crippen LogP contribution in [0, 0.1) is 11.3 Å². The third kappa shape index (κ3) is 2.76. The Hall–Kier alpha value is -1.66. The van der Waals surface area contributed by atoms with E-state index in [1.165, 1.54) is 7.11 Å². The largest absolute Gasteiger partial charge is 0.503 e. The predicted octanol–water partition coefficient (Wildman–Crippen LogP) is 5.64. The summed E-state index contributed by atoms with van der Waals surface area (Å²) in [6, 6.07) is 1.72. The van der Waals surface area contributed by atoms with E-state index in [4.69, 9.17) is 4.74 Å². The van der Waals surface area contributed by atoms with Crippen LogP contribution in [0.4, 0.5) is 0 Å². The molecule has 148 valence electrons.